The molecule has 0 aliphatic heterocycles. The Balaban J connectivity index is 1.81. The molecular formula is C19H22FNO2S. The van der Waals surface area contributed by atoms with Crippen LogP contribution in [0.1, 0.15) is 35.1 Å². The molecule has 1 N–H and O–H groups in total. The van der Waals surface area contributed by atoms with Crippen molar-refractivity contribution in [3.63, 3.8) is 0 Å². The number of hydrogen-bond donors (Lipinski definition) is 1. The first kappa shape index (κ1) is 17.1. The Kier molecular flexibility index (Phi) is 4.26. The summed E-state index contributed by atoms with van der Waals surface area (Å²) in [4.78, 5) is 0.334. The Labute approximate surface area is 143 Å². The van der Waals surface area contributed by atoms with Gasteiger partial charge in [-0.25, -0.2) is 17.5 Å². The standard InChI is InChI=1S/C19H22FNO2S/c1-13-10-15(3)18(11-14(13)2)24(22,23)21-12-19(8-9-19)16-4-6-17(20)7-5-16/h4-7,10-11,21H,8-9,12H2,1-3H3. The van der Waals surface area contributed by atoms with E-state index in [9.17, 15) is 12.8 Å². The van der Waals surface area contributed by atoms with Crippen molar-refractivity contribution in [3.8, 4) is 0 Å². The second kappa shape index (κ2) is 5.97. The van der Waals surface area contributed by atoms with E-state index in [0.29, 0.717) is 11.4 Å². The van der Waals surface area contributed by atoms with E-state index >= 15 is 0 Å². The summed E-state index contributed by atoms with van der Waals surface area (Å²) in [6.45, 7) is 6.04. The van der Waals surface area contributed by atoms with Gasteiger partial charge < -0.3 is 0 Å². The molecule has 3 rings (SSSR count). The van der Waals surface area contributed by atoms with Crippen LogP contribution in [0.25, 0.3) is 0 Å². The van der Waals surface area contributed by atoms with E-state index in [1.807, 2.05) is 26.8 Å². The Hall–Kier alpha value is -1.72. The zero-order chi connectivity index (χ0) is 17.5. The predicted octanol–water partition coefficient (Wildman–Crippen LogP) is 3.76. The number of aryl methyl sites for hydroxylation is 3. The molecule has 0 amide bonds. The summed E-state index contributed by atoms with van der Waals surface area (Å²) in [5, 5.41) is 0. The molecule has 0 bridgehead atoms. The smallest absolute Gasteiger partial charge is 0.210 e. The molecule has 0 radical (unpaired) electrons. The third-order valence-electron chi connectivity index (χ3n) is 4.99. The lowest BCUT2D eigenvalue weighted by Gasteiger charge is -2.18. The van der Waals surface area contributed by atoms with Crippen molar-refractivity contribution in [2.45, 2.75) is 43.9 Å². The molecule has 1 aliphatic carbocycles. The lowest BCUT2D eigenvalue weighted by atomic mass is 9.96. The third-order valence-corrected chi connectivity index (χ3v) is 6.53. The Morgan fingerprint density at radius 2 is 1.58 bits per heavy atom. The summed E-state index contributed by atoms with van der Waals surface area (Å²) >= 11 is 0. The number of hydrogen-bond acceptors (Lipinski definition) is 2. The topological polar surface area (TPSA) is 46.2 Å². The highest BCUT2D eigenvalue weighted by molar-refractivity contribution is 7.89. The van der Waals surface area contributed by atoms with Gasteiger partial charge in [0, 0.05) is 12.0 Å². The second-order valence-electron chi connectivity index (χ2n) is 6.81. The van der Waals surface area contributed by atoms with Crippen LogP contribution in [0.2, 0.25) is 0 Å². The molecule has 0 spiro atoms. The fraction of sp³-hybridized carbons (Fsp3) is 0.368. The summed E-state index contributed by atoms with van der Waals surface area (Å²) in [7, 11) is -3.56. The average Bonchev–Trinajstić information content (AvgIpc) is 3.31. The van der Waals surface area contributed by atoms with Gasteiger partial charge >= 0.3 is 0 Å². The number of rotatable bonds is 5. The largest absolute Gasteiger partial charge is 0.240 e. The van der Waals surface area contributed by atoms with Crippen LogP contribution >= 0.6 is 0 Å². The van der Waals surface area contributed by atoms with Gasteiger partial charge in [0.25, 0.3) is 0 Å². The molecule has 1 fully saturated rings. The molecule has 2 aromatic rings. The van der Waals surface area contributed by atoms with Crippen molar-refractivity contribution in [1.29, 1.82) is 0 Å². The van der Waals surface area contributed by atoms with Crippen LogP contribution in [0.3, 0.4) is 0 Å². The number of halogens is 1. The number of benzene rings is 2. The lowest BCUT2D eigenvalue weighted by Crippen LogP contribution is -2.32. The molecule has 1 saturated carbocycles. The highest BCUT2D eigenvalue weighted by Crippen LogP contribution is 2.47. The zero-order valence-electron chi connectivity index (χ0n) is 14.2. The fourth-order valence-electron chi connectivity index (χ4n) is 3.06. The molecule has 0 heterocycles. The van der Waals surface area contributed by atoms with Gasteiger partial charge in [-0.3, -0.25) is 0 Å². The Morgan fingerprint density at radius 1 is 1.00 bits per heavy atom. The lowest BCUT2D eigenvalue weighted by molar-refractivity contribution is 0.565. The van der Waals surface area contributed by atoms with Crippen LogP contribution in [0.15, 0.2) is 41.3 Å². The normalized spacial score (nSPS) is 16.2. The molecule has 0 unspecified atom stereocenters. The van der Waals surface area contributed by atoms with Crippen LogP contribution in [-0.4, -0.2) is 15.0 Å². The van der Waals surface area contributed by atoms with E-state index in [1.165, 1.54) is 12.1 Å². The van der Waals surface area contributed by atoms with Crippen LogP contribution in [-0.2, 0) is 15.4 Å². The van der Waals surface area contributed by atoms with Gasteiger partial charge in [-0.2, -0.15) is 0 Å². The molecule has 24 heavy (non-hydrogen) atoms. The fourth-order valence-corrected chi connectivity index (χ4v) is 4.49. The summed E-state index contributed by atoms with van der Waals surface area (Å²) in [6.07, 6.45) is 1.82. The van der Waals surface area contributed by atoms with Crippen molar-refractivity contribution in [2.75, 3.05) is 6.54 Å². The van der Waals surface area contributed by atoms with Crippen molar-refractivity contribution < 1.29 is 12.8 Å². The Bertz CT molecular complexity index is 869. The summed E-state index contributed by atoms with van der Waals surface area (Å²) in [5.41, 5.74) is 3.58. The average molecular weight is 347 g/mol. The minimum atomic E-state index is -3.56. The molecule has 5 heteroatoms. The molecule has 1 aliphatic rings. The maximum absolute atomic E-state index is 13.1. The third kappa shape index (κ3) is 3.23. The van der Waals surface area contributed by atoms with Crippen molar-refractivity contribution >= 4 is 10.0 Å². The molecule has 2 aromatic carbocycles. The SMILES string of the molecule is Cc1cc(C)c(S(=O)(=O)NCC2(c3ccc(F)cc3)CC2)cc1C. The molecule has 0 saturated heterocycles. The second-order valence-corrected chi connectivity index (χ2v) is 8.55. The minimum absolute atomic E-state index is 0.200. The first-order chi connectivity index (χ1) is 11.2. The van der Waals surface area contributed by atoms with Crippen molar-refractivity contribution in [1.82, 2.24) is 4.72 Å². The van der Waals surface area contributed by atoms with Gasteiger partial charge in [0.1, 0.15) is 5.82 Å². The van der Waals surface area contributed by atoms with Gasteiger partial charge in [0.15, 0.2) is 0 Å². The van der Waals surface area contributed by atoms with E-state index in [2.05, 4.69) is 4.72 Å². The van der Waals surface area contributed by atoms with Crippen LogP contribution in [0, 0.1) is 26.6 Å². The van der Waals surface area contributed by atoms with Crippen LogP contribution in [0.4, 0.5) is 4.39 Å². The van der Waals surface area contributed by atoms with Gasteiger partial charge in [-0.15, -0.1) is 0 Å². The molecular weight excluding hydrogens is 325 g/mol. The molecule has 0 aromatic heterocycles. The van der Waals surface area contributed by atoms with Gasteiger partial charge in [-0.05, 0) is 74.1 Å². The molecule has 128 valence electrons. The predicted molar refractivity (Wildman–Crippen MR) is 93.2 cm³/mol. The van der Waals surface area contributed by atoms with Gasteiger partial charge in [0.2, 0.25) is 10.0 Å². The first-order valence-corrected chi connectivity index (χ1v) is 9.55. The van der Waals surface area contributed by atoms with E-state index in [4.69, 9.17) is 0 Å². The van der Waals surface area contributed by atoms with Crippen LogP contribution < -0.4 is 4.72 Å². The highest BCUT2D eigenvalue weighted by atomic mass is 32.2. The Morgan fingerprint density at radius 3 is 2.17 bits per heavy atom. The van der Waals surface area contributed by atoms with E-state index in [1.54, 1.807) is 18.2 Å². The number of nitrogens with one attached hydrogen (secondary N) is 1. The van der Waals surface area contributed by atoms with Gasteiger partial charge in [-0.1, -0.05) is 18.2 Å². The molecule has 3 nitrogen and oxygen atoms in total. The maximum Gasteiger partial charge on any atom is 0.240 e. The number of sulfonamides is 1. The minimum Gasteiger partial charge on any atom is -0.210 e. The quantitative estimate of drug-likeness (QED) is 0.895. The first-order valence-electron chi connectivity index (χ1n) is 8.07. The summed E-state index contributed by atoms with van der Waals surface area (Å²) < 4.78 is 41.3. The van der Waals surface area contributed by atoms with Gasteiger partial charge in [0.05, 0.1) is 4.90 Å². The van der Waals surface area contributed by atoms with E-state index in [0.717, 1.165) is 35.1 Å². The maximum atomic E-state index is 13.1. The summed E-state index contributed by atoms with van der Waals surface area (Å²) in [5.74, 6) is -0.277. The monoisotopic (exact) mass is 347 g/mol. The summed E-state index contributed by atoms with van der Waals surface area (Å²) in [6, 6.07) is 9.98. The van der Waals surface area contributed by atoms with Crippen LogP contribution in [0.5, 0.6) is 0 Å². The van der Waals surface area contributed by atoms with Crippen molar-refractivity contribution in [3.05, 3.63) is 64.5 Å². The van der Waals surface area contributed by atoms with E-state index in [-0.39, 0.29) is 11.2 Å². The zero-order valence-corrected chi connectivity index (χ0v) is 15.0. The highest BCUT2D eigenvalue weighted by Gasteiger charge is 2.44. The molecule has 0 atom stereocenters. The van der Waals surface area contributed by atoms with Crippen molar-refractivity contribution in [2.24, 2.45) is 0 Å². The van der Waals surface area contributed by atoms with E-state index < -0.39 is 10.0 Å².